The number of hydrogen-bond donors (Lipinski definition) is 1. The number of rotatable bonds is 4. The molecule has 150 valence electrons. The monoisotopic (exact) mass is 429 g/mol. The van der Waals surface area contributed by atoms with Crippen molar-refractivity contribution in [2.24, 2.45) is 5.92 Å². The van der Waals surface area contributed by atoms with E-state index in [-0.39, 0.29) is 19.0 Å². The van der Waals surface area contributed by atoms with Crippen molar-refractivity contribution in [1.29, 1.82) is 0 Å². The van der Waals surface area contributed by atoms with Gasteiger partial charge in [0.1, 0.15) is 10.6 Å². The van der Waals surface area contributed by atoms with Gasteiger partial charge in [-0.05, 0) is 29.8 Å². The van der Waals surface area contributed by atoms with Crippen LogP contribution in [-0.4, -0.2) is 38.7 Å². The van der Waals surface area contributed by atoms with Crippen molar-refractivity contribution in [3.8, 4) is 0 Å². The van der Waals surface area contributed by atoms with E-state index < -0.39 is 16.2 Å². The number of pyridine rings is 1. The molecule has 1 atom stereocenters. The van der Waals surface area contributed by atoms with Crippen molar-refractivity contribution in [2.45, 2.75) is 18.4 Å². The Morgan fingerprint density at radius 2 is 1.79 bits per heavy atom. The molecule has 3 heterocycles. The average Bonchev–Trinajstić information content (AvgIpc) is 3.30. The minimum absolute atomic E-state index is 0.104. The first-order chi connectivity index (χ1) is 13.9. The number of carbonyl (C=O) groups excluding carboxylic acids is 1. The third-order valence-electron chi connectivity index (χ3n) is 5.61. The summed E-state index contributed by atoms with van der Waals surface area (Å²) in [6, 6.07) is 10.2. The predicted molar refractivity (Wildman–Crippen MR) is 111 cm³/mol. The number of likely N-dealkylation sites (tertiary alicyclic amines) is 1. The Balaban J connectivity index is 1.61. The molecule has 1 amide bonds. The summed E-state index contributed by atoms with van der Waals surface area (Å²) in [5, 5.41) is 28.0. The predicted octanol–water partition coefficient (Wildman–Crippen LogP) is 3.99. The molecule has 0 spiro atoms. The van der Waals surface area contributed by atoms with E-state index in [9.17, 15) is 15.1 Å². The van der Waals surface area contributed by atoms with E-state index in [1.165, 1.54) is 23.7 Å². The highest BCUT2D eigenvalue weighted by molar-refractivity contribution is 7.09. The highest BCUT2D eigenvalue weighted by Gasteiger charge is 2.47. The summed E-state index contributed by atoms with van der Waals surface area (Å²) in [5.41, 5.74) is -0.279. The summed E-state index contributed by atoms with van der Waals surface area (Å²) < 4.78 is -0.922. The number of quaternary nitrogens is 1. The number of amides is 1. The number of aromatic nitrogens is 2. The highest BCUT2D eigenvalue weighted by atomic mass is 35.5. The fourth-order valence-electron chi connectivity index (χ4n) is 3.98. The first kappa shape index (κ1) is 20.1. The van der Waals surface area contributed by atoms with Gasteiger partial charge in [-0.25, -0.2) is 9.78 Å². The molecule has 8 heteroatoms. The molecular formula is C21H20ClN3O3S. The smallest absolute Gasteiger partial charge is 0.345 e. The molecule has 1 aliphatic heterocycles. The first-order valence-electron chi connectivity index (χ1n) is 9.35. The summed E-state index contributed by atoms with van der Waals surface area (Å²) in [6.45, 7) is 0.209. The average molecular weight is 430 g/mol. The molecule has 2 aromatic heterocycles. The van der Waals surface area contributed by atoms with Gasteiger partial charge in [-0.15, -0.1) is 11.3 Å². The molecular weight excluding hydrogens is 410 g/mol. The van der Waals surface area contributed by atoms with Gasteiger partial charge in [-0.2, -0.15) is 0 Å². The van der Waals surface area contributed by atoms with E-state index in [2.05, 4.69) is 9.97 Å². The quantitative estimate of drug-likeness (QED) is 0.500. The summed E-state index contributed by atoms with van der Waals surface area (Å²) >= 11 is 7.40. The molecule has 0 aliphatic carbocycles. The maximum atomic E-state index is 13.2. The molecule has 0 saturated carbocycles. The van der Waals surface area contributed by atoms with Crippen LogP contribution in [-0.2, 0) is 5.60 Å². The van der Waals surface area contributed by atoms with Gasteiger partial charge < -0.3 is 10.3 Å². The summed E-state index contributed by atoms with van der Waals surface area (Å²) in [5.74, 6) is -0.699. The van der Waals surface area contributed by atoms with Gasteiger partial charge in [0.05, 0.1) is 18.7 Å². The van der Waals surface area contributed by atoms with Gasteiger partial charge >= 0.3 is 5.91 Å². The Labute approximate surface area is 177 Å². The van der Waals surface area contributed by atoms with Crippen LogP contribution in [0.3, 0.4) is 0 Å². The number of hydrogen-bond acceptors (Lipinski definition) is 6. The molecule has 0 radical (unpaired) electrons. The zero-order valence-corrected chi connectivity index (χ0v) is 17.1. The van der Waals surface area contributed by atoms with Crippen molar-refractivity contribution in [3.63, 3.8) is 0 Å². The van der Waals surface area contributed by atoms with E-state index in [1.54, 1.807) is 42.6 Å². The molecule has 1 N–H and O–H groups in total. The van der Waals surface area contributed by atoms with Crippen molar-refractivity contribution in [1.82, 2.24) is 9.97 Å². The van der Waals surface area contributed by atoms with Gasteiger partial charge in [0.15, 0.2) is 0 Å². The standard InChI is InChI=1S/C21H20ClN3O3S/c22-18-3-1-16(2-4-18)21(27,20-24-11-14-29-20)17-7-12-25(28,13-8-17)19(26)15-5-9-23-10-6-15/h1-6,9-11,14,17,27H,7-8,12-13H2. The molecule has 29 heavy (non-hydrogen) atoms. The number of aliphatic hydroxyl groups is 1. The number of hydroxylamine groups is 3. The molecule has 6 nitrogen and oxygen atoms in total. The van der Waals surface area contributed by atoms with Crippen molar-refractivity contribution in [2.75, 3.05) is 13.1 Å². The van der Waals surface area contributed by atoms with Crippen LogP contribution in [0.2, 0.25) is 5.02 Å². The van der Waals surface area contributed by atoms with E-state index >= 15 is 0 Å². The largest absolute Gasteiger partial charge is 0.625 e. The molecule has 0 bridgehead atoms. The fourth-order valence-corrected chi connectivity index (χ4v) is 4.95. The summed E-state index contributed by atoms with van der Waals surface area (Å²) in [4.78, 5) is 21.0. The van der Waals surface area contributed by atoms with E-state index in [1.807, 2.05) is 5.38 Å². The number of nitrogens with zero attached hydrogens (tertiary/aromatic N) is 3. The fraction of sp³-hybridized carbons (Fsp3) is 0.286. The van der Waals surface area contributed by atoms with Gasteiger partial charge in [0.25, 0.3) is 0 Å². The third kappa shape index (κ3) is 3.72. The van der Waals surface area contributed by atoms with Crippen LogP contribution in [0.25, 0.3) is 0 Å². The Hall–Kier alpha value is -2.16. The minimum Gasteiger partial charge on any atom is -0.625 e. The van der Waals surface area contributed by atoms with Gasteiger partial charge in [-0.3, -0.25) is 9.63 Å². The second kappa shape index (κ2) is 7.93. The number of piperidine rings is 1. The van der Waals surface area contributed by atoms with E-state index in [4.69, 9.17) is 11.6 Å². The molecule has 1 aromatic carbocycles. The highest BCUT2D eigenvalue weighted by Crippen LogP contribution is 2.44. The maximum Gasteiger partial charge on any atom is 0.345 e. The molecule has 4 rings (SSSR count). The van der Waals surface area contributed by atoms with Crippen LogP contribution in [0.15, 0.2) is 60.4 Å². The van der Waals surface area contributed by atoms with Crippen molar-refractivity contribution in [3.05, 3.63) is 86.7 Å². The lowest BCUT2D eigenvalue weighted by molar-refractivity contribution is -0.806. The Morgan fingerprint density at radius 3 is 2.38 bits per heavy atom. The van der Waals surface area contributed by atoms with Crippen molar-refractivity contribution >= 4 is 28.8 Å². The zero-order valence-electron chi connectivity index (χ0n) is 15.6. The lowest BCUT2D eigenvalue weighted by atomic mass is 9.76. The maximum absolute atomic E-state index is 13.2. The number of benzene rings is 1. The van der Waals surface area contributed by atoms with Gasteiger partial charge in [-0.1, -0.05) is 23.7 Å². The van der Waals surface area contributed by atoms with Crippen LogP contribution in [0.5, 0.6) is 0 Å². The number of halogens is 1. The first-order valence-corrected chi connectivity index (χ1v) is 10.6. The number of thiazole rings is 1. The second-order valence-corrected chi connectivity index (χ2v) is 8.59. The molecule has 1 saturated heterocycles. The van der Waals surface area contributed by atoms with Crippen LogP contribution in [0.4, 0.5) is 0 Å². The second-order valence-electron chi connectivity index (χ2n) is 7.26. The lowest BCUT2D eigenvalue weighted by Gasteiger charge is -2.47. The van der Waals surface area contributed by atoms with Crippen molar-refractivity contribution < 1.29 is 14.5 Å². The normalized spacial score (nSPS) is 24.0. The van der Waals surface area contributed by atoms with Gasteiger partial charge in [0.2, 0.25) is 0 Å². The SMILES string of the molecule is O=C(c1ccncc1)[N+]1([O-])CCC(C(O)(c2ccc(Cl)cc2)c2nccs2)CC1. The van der Waals surface area contributed by atoms with E-state index in [0.29, 0.717) is 34.0 Å². The molecule has 3 aromatic rings. The zero-order chi connectivity index (χ0) is 20.5. The summed E-state index contributed by atoms with van der Waals surface area (Å²) in [7, 11) is 0. The Morgan fingerprint density at radius 1 is 1.14 bits per heavy atom. The van der Waals surface area contributed by atoms with Crippen LogP contribution < -0.4 is 0 Å². The molecule has 1 aliphatic rings. The Kier molecular flexibility index (Phi) is 5.50. The van der Waals surface area contributed by atoms with Crippen LogP contribution in [0.1, 0.15) is 33.8 Å². The number of carbonyl (C=O) groups is 1. The topological polar surface area (TPSA) is 86.1 Å². The Bertz CT molecular complexity index is 974. The van der Waals surface area contributed by atoms with E-state index in [0.717, 1.165) is 0 Å². The third-order valence-corrected chi connectivity index (χ3v) is 6.76. The lowest BCUT2D eigenvalue weighted by Crippen LogP contribution is -2.55. The van der Waals surface area contributed by atoms with Crippen LogP contribution in [0, 0.1) is 11.1 Å². The summed E-state index contributed by atoms with van der Waals surface area (Å²) in [6.07, 6.45) is 5.48. The molecule has 1 fully saturated rings. The van der Waals surface area contributed by atoms with Crippen LogP contribution >= 0.6 is 22.9 Å². The molecule has 1 unspecified atom stereocenters. The minimum atomic E-state index is -1.33. The van der Waals surface area contributed by atoms with Gasteiger partial charge in [0, 0.05) is 47.8 Å².